The first kappa shape index (κ1) is 9.85. The van der Waals surface area contributed by atoms with Crippen LogP contribution in [0, 0.1) is 0 Å². The number of para-hydroxylation sites is 1. The summed E-state index contributed by atoms with van der Waals surface area (Å²) in [6, 6.07) is 10.4. The maximum Gasteiger partial charge on any atom is 0.0405 e. The molecule has 0 fully saturated rings. The van der Waals surface area contributed by atoms with E-state index in [0.29, 0.717) is 0 Å². The van der Waals surface area contributed by atoms with Crippen molar-refractivity contribution < 1.29 is 0 Å². The number of rotatable bonds is 5. The topological polar surface area (TPSA) is 3.24 Å². The monoisotopic (exact) mass is 175 g/mol. The fourth-order valence-electron chi connectivity index (χ4n) is 1.27. The van der Waals surface area contributed by atoms with Gasteiger partial charge in [0, 0.05) is 12.2 Å². The molecule has 1 nitrogen and oxygen atoms in total. The van der Waals surface area contributed by atoms with Crippen molar-refractivity contribution in [3.8, 4) is 0 Å². The Morgan fingerprint density at radius 1 is 1.31 bits per heavy atom. The molecular weight excluding hydrogens is 158 g/mol. The molecule has 0 N–H and O–H groups in total. The first-order valence-electron chi connectivity index (χ1n) is 4.82. The van der Waals surface area contributed by atoms with Crippen LogP contribution in [-0.4, -0.2) is 6.54 Å². The van der Waals surface area contributed by atoms with Gasteiger partial charge < -0.3 is 4.90 Å². The molecule has 70 valence electrons. The molecule has 0 spiro atoms. The number of hydrogen-bond acceptors (Lipinski definition) is 1. The third kappa shape index (κ3) is 2.94. The van der Waals surface area contributed by atoms with Gasteiger partial charge >= 0.3 is 0 Å². The Kier molecular flexibility index (Phi) is 4.10. The molecule has 13 heavy (non-hydrogen) atoms. The summed E-state index contributed by atoms with van der Waals surface area (Å²) >= 11 is 0. The highest BCUT2D eigenvalue weighted by Crippen LogP contribution is 2.13. The van der Waals surface area contributed by atoms with Gasteiger partial charge in [-0.15, -0.1) is 0 Å². The zero-order chi connectivity index (χ0) is 9.52. The number of nitrogens with zero attached hydrogens (tertiary/aromatic N) is 1. The van der Waals surface area contributed by atoms with Gasteiger partial charge in [0.25, 0.3) is 0 Å². The summed E-state index contributed by atoms with van der Waals surface area (Å²) in [4.78, 5) is 2.18. The summed E-state index contributed by atoms with van der Waals surface area (Å²) in [7, 11) is 0. The van der Waals surface area contributed by atoms with Crippen LogP contribution in [0.2, 0.25) is 0 Å². The van der Waals surface area contributed by atoms with Gasteiger partial charge in [0.2, 0.25) is 0 Å². The summed E-state index contributed by atoms with van der Waals surface area (Å²) in [5.41, 5.74) is 1.23. The van der Waals surface area contributed by atoms with Gasteiger partial charge in [-0.3, -0.25) is 0 Å². The van der Waals surface area contributed by atoms with Crippen LogP contribution in [0.1, 0.15) is 19.8 Å². The van der Waals surface area contributed by atoms with Gasteiger partial charge in [0.05, 0.1) is 0 Å². The van der Waals surface area contributed by atoms with Gasteiger partial charge in [-0.05, 0) is 24.8 Å². The van der Waals surface area contributed by atoms with Gasteiger partial charge in [0.15, 0.2) is 0 Å². The second-order valence-electron chi connectivity index (χ2n) is 3.07. The average molecular weight is 175 g/mol. The van der Waals surface area contributed by atoms with E-state index in [1.54, 1.807) is 0 Å². The molecule has 1 aromatic carbocycles. The van der Waals surface area contributed by atoms with Crippen LogP contribution in [0.3, 0.4) is 0 Å². The maximum atomic E-state index is 3.82. The zero-order valence-electron chi connectivity index (χ0n) is 8.24. The van der Waals surface area contributed by atoms with Gasteiger partial charge in [-0.1, -0.05) is 38.1 Å². The van der Waals surface area contributed by atoms with Crippen LogP contribution in [0.5, 0.6) is 0 Å². The normalized spacial score (nSPS) is 9.62. The zero-order valence-corrected chi connectivity index (χ0v) is 8.24. The van der Waals surface area contributed by atoms with E-state index in [-0.39, 0.29) is 0 Å². The smallest absolute Gasteiger partial charge is 0.0405 e. The number of anilines is 1. The first-order chi connectivity index (χ1) is 6.38. The summed E-state index contributed by atoms with van der Waals surface area (Å²) in [5, 5.41) is 0. The second kappa shape index (κ2) is 5.41. The van der Waals surface area contributed by atoms with Crippen LogP contribution < -0.4 is 4.90 Å². The molecule has 0 unspecified atom stereocenters. The summed E-state index contributed by atoms with van der Waals surface area (Å²) < 4.78 is 0. The predicted molar refractivity (Wildman–Crippen MR) is 58.9 cm³/mol. The largest absolute Gasteiger partial charge is 0.349 e. The molecule has 0 saturated heterocycles. The predicted octanol–water partition coefficient (Wildman–Crippen LogP) is 3.44. The van der Waals surface area contributed by atoms with Crippen LogP contribution in [0.4, 0.5) is 5.69 Å². The molecule has 0 radical (unpaired) electrons. The van der Waals surface area contributed by atoms with E-state index in [1.807, 2.05) is 12.3 Å². The van der Waals surface area contributed by atoms with Gasteiger partial charge in [-0.25, -0.2) is 0 Å². The van der Waals surface area contributed by atoms with Crippen molar-refractivity contribution in [3.05, 3.63) is 43.1 Å². The lowest BCUT2D eigenvalue weighted by Crippen LogP contribution is -2.16. The molecule has 1 heteroatoms. The lowest BCUT2D eigenvalue weighted by Gasteiger charge is -2.19. The van der Waals surface area contributed by atoms with Crippen molar-refractivity contribution in [2.45, 2.75) is 19.8 Å². The summed E-state index contributed by atoms with van der Waals surface area (Å²) in [6.45, 7) is 7.08. The van der Waals surface area contributed by atoms with Crippen LogP contribution >= 0.6 is 0 Å². The van der Waals surface area contributed by atoms with Crippen LogP contribution in [-0.2, 0) is 0 Å². The Balaban J connectivity index is 2.61. The molecule has 1 rings (SSSR count). The molecule has 0 bridgehead atoms. The van der Waals surface area contributed by atoms with Crippen molar-refractivity contribution in [2.24, 2.45) is 0 Å². The average Bonchev–Trinajstić information content (AvgIpc) is 2.21. The second-order valence-corrected chi connectivity index (χ2v) is 3.07. The fraction of sp³-hybridized carbons (Fsp3) is 0.333. The van der Waals surface area contributed by atoms with Gasteiger partial charge in [0.1, 0.15) is 0 Å². The molecule has 0 aliphatic carbocycles. The van der Waals surface area contributed by atoms with Crippen LogP contribution in [0.25, 0.3) is 0 Å². The van der Waals surface area contributed by atoms with E-state index >= 15 is 0 Å². The standard InChI is InChI=1S/C12H17N/c1-3-5-11-13(4-2)12-9-7-6-8-10-12/h4,6-10H,2-3,5,11H2,1H3. The van der Waals surface area contributed by atoms with Crippen molar-refractivity contribution in [1.82, 2.24) is 0 Å². The van der Waals surface area contributed by atoms with E-state index in [2.05, 4.69) is 42.7 Å². The van der Waals surface area contributed by atoms with E-state index < -0.39 is 0 Å². The Morgan fingerprint density at radius 3 is 2.54 bits per heavy atom. The van der Waals surface area contributed by atoms with Crippen LogP contribution in [0.15, 0.2) is 43.1 Å². The summed E-state index contributed by atoms with van der Waals surface area (Å²) in [5.74, 6) is 0. The molecule has 1 aromatic rings. The lowest BCUT2D eigenvalue weighted by atomic mass is 10.2. The quantitative estimate of drug-likeness (QED) is 0.662. The van der Waals surface area contributed by atoms with Crippen molar-refractivity contribution in [2.75, 3.05) is 11.4 Å². The molecule has 0 aromatic heterocycles. The third-order valence-corrected chi connectivity index (χ3v) is 2.06. The molecule has 0 atom stereocenters. The van der Waals surface area contributed by atoms with Gasteiger partial charge in [-0.2, -0.15) is 0 Å². The Hall–Kier alpha value is -1.24. The molecule has 0 saturated carbocycles. The maximum absolute atomic E-state index is 3.82. The first-order valence-corrected chi connectivity index (χ1v) is 4.82. The molecule has 0 amide bonds. The number of unbranched alkanes of at least 4 members (excludes halogenated alkanes) is 1. The fourth-order valence-corrected chi connectivity index (χ4v) is 1.27. The number of benzene rings is 1. The minimum atomic E-state index is 1.06. The van der Waals surface area contributed by atoms with E-state index in [9.17, 15) is 0 Å². The molecule has 0 aliphatic rings. The van der Waals surface area contributed by atoms with Crippen molar-refractivity contribution in [3.63, 3.8) is 0 Å². The number of hydrogen-bond donors (Lipinski definition) is 0. The molecule has 0 aliphatic heterocycles. The highest BCUT2D eigenvalue weighted by molar-refractivity contribution is 5.48. The van der Waals surface area contributed by atoms with E-state index in [4.69, 9.17) is 0 Å². The highest BCUT2D eigenvalue weighted by Gasteiger charge is 1.99. The van der Waals surface area contributed by atoms with E-state index in [1.165, 1.54) is 18.5 Å². The SMILES string of the molecule is C=CN(CCCC)c1ccccc1. The Labute approximate surface area is 80.7 Å². The Bertz CT molecular complexity index is 241. The Morgan fingerprint density at radius 2 is 2.00 bits per heavy atom. The minimum Gasteiger partial charge on any atom is -0.349 e. The lowest BCUT2D eigenvalue weighted by molar-refractivity contribution is 0.783. The van der Waals surface area contributed by atoms with Crippen molar-refractivity contribution in [1.29, 1.82) is 0 Å². The third-order valence-electron chi connectivity index (χ3n) is 2.06. The summed E-state index contributed by atoms with van der Waals surface area (Å²) in [6.07, 6.45) is 4.32. The minimum absolute atomic E-state index is 1.06. The highest BCUT2D eigenvalue weighted by atomic mass is 15.1. The van der Waals surface area contributed by atoms with E-state index in [0.717, 1.165) is 6.54 Å². The molecule has 0 heterocycles. The van der Waals surface area contributed by atoms with Crippen molar-refractivity contribution >= 4 is 5.69 Å². The molecular formula is C12H17N.